The van der Waals surface area contributed by atoms with E-state index in [1.165, 1.54) is 0 Å². The SMILES string of the molecule is NCc1ccc(Cn2ccc3cc(Cl)ccc3c2=O)cc1. The normalized spacial score (nSPS) is 11.0. The number of hydrogen-bond acceptors (Lipinski definition) is 2. The van der Waals surface area contributed by atoms with Crippen LogP contribution < -0.4 is 11.3 Å². The van der Waals surface area contributed by atoms with Crippen molar-refractivity contribution in [2.24, 2.45) is 5.73 Å². The molecule has 0 fully saturated rings. The molecule has 4 heteroatoms. The second kappa shape index (κ2) is 5.72. The molecular formula is C17H15ClN2O. The number of halogens is 1. The fourth-order valence-electron chi connectivity index (χ4n) is 2.36. The van der Waals surface area contributed by atoms with E-state index >= 15 is 0 Å². The lowest BCUT2D eigenvalue weighted by atomic mass is 10.1. The minimum atomic E-state index is -0.00734. The highest BCUT2D eigenvalue weighted by molar-refractivity contribution is 6.31. The van der Waals surface area contributed by atoms with E-state index in [0.29, 0.717) is 23.5 Å². The van der Waals surface area contributed by atoms with Crippen LogP contribution in [0.5, 0.6) is 0 Å². The molecule has 0 spiro atoms. The molecule has 0 unspecified atom stereocenters. The van der Waals surface area contributed by atoms with E-state index in [1.54, 1.807) is 29.0 Å². The fraction of sp³-hybridized carbons (Fsp3) is 0.118. The van der Waals surface area contributed by atoms with E-state index in [1.807, 2.05) is 30.3 Å². The summed E-state index contributed by atoms with van der Waals surface area (Å²) >= 11 is 5.95. The van der Waals surface area contributed by atoms with Gasteiger partial charge in [0.25, 0.3) is 5.56 Å². The Morgan fingerprint density at radius 3 is 2.43 bits per heavy atom. The summed E-state index contributed by atoms with van der Waals surface area (Å²) in [5.74, 6) is 0. The second-order valence-corrected chi connectivity index (χ2v) is 5.44. The molecule has 21 heavy (non-hydrogen) atoms. The maximum Gasteiger partial charge on any atom is 0.258 e. The molecule has 2 N–H and O–H groups in total. The molecule has 1 aromatic heterocycles. The number of nitrogens with two attached hydrogens (primary N) is 1. The van der Waals surface area contributed by atoms with Gasteiger partial charge in [0.05, 0.1) is 6.54 Å². The standard InChI is InChI=1S/C17H15ClN2O/c18-15-5-6-16-14(9-15)7-8-20(17(16)21)11-13-3-1-12(10-19)2-4-13/h1-9H,10-11,19H2. The lowest BCUT2D eigenvalue weighted by Gasteiger charge is -2.08. The van der Waals surface area contributed by atoms with Crippen molar-refractivity contribution in [2.75, 3.05) is 0 Å². The van der Waals surface area contributed by atoms with E-state index < -0.39 is 0 Å². The Balaban J connectivity index is 1.98. The number of rotatable bonds is 3. The van der Waals surface area contributed by atoms with E-state index in [-0.39, 0.29) is 5.56 Å². The van der Waals surface area contributed by atoms with Gasteiger partial charge in [-0.15, -0.1) is 0 Å². The van der Waals surface area contributed by atoms with Crippen molar-refractivity contribution in [1.82, 2.24) is 4.57 Å². The Morgan fingerprint density at radius 2 is 1.71 bits per heavy atom. The molecule has 0 bridgehead atoms. The van der Waals surface area contributed by atoms with E-state index in [4.69, 9.17) is 17.3 Å². The second-order valence-electron chi connectivity index (χ2n) is 5.00. The first-order valence-corrected chi connectivity index (χ1v) is 7.12. The lowest BCUT2D eigenvalue weighted by Crippen LogP contribution is -2.20. The van der Waals surface area contributed by atoms with Gasteiger partial charge in [0.1, 0.15) is 0 Å². The van der Waals surface area contributed by atoms with Crippen LogP contribution in [0.2, 0.25) is 5.02 Å². The lowest BCUT2D eigenvalue weighted by molar-refractivity contribution is 0.767. The summed E-state index contributed by atoms with van der Waals surface area (Å²) in [5.41, 5.74) is 7.73. The molecule has 0 radical (unpaired) electrons. The number of benzene rings is 2. The minimum Gasteiger partial charge on any atom is -0.326 e. The van der Waals surface area contributed by atoms with Crippen molar-refractivity contribution < 1.29 is 0 Å². The summed E-state index contributed by atoms with van der Waals surface area (Å²) in [6, 6.07) is 15.2. The van der Waals surface area contributed by atoms with Crippen LogP contribution >= 0.6 is 11.6 Å². The predicted molar refractivity (Wildman–Crippen MR) is 86.7 cm³/mol. The van der Waals surface area contributed by atoms with Crippen LogP contribution in [0, 0.1) is 0 Å². The van der Waals surface area contributed by atoms with E-state index in [0.717, 1.165) is 16.5 Å². The Bertz CT molecular complexity index is 838. The zero-order chi connectivity index (χ0) is 14.8. The van der Waals surface area contributed by atoms with Gasteiger partial charge in [-0.05, 0) is 40.8 Å². The van der Waals surface area contributed by atoms with Crippen molar-refractivity contribution in [3.63, 3.8) is 0 Å². The van der Waals surface area contributed by atoms with Gasteiger partial charge in [-0.3, -0.25) is 4.79 Å². The highest BCUT2D eigenvalue weighted by Gasteiger charge is 2.04. The van der Waals surface area contributed by atoms with Crippen LogP contribution in [0.4, 0.5) is 0 Å². The largest absolute Gasteiger partial charge is 0.326 e. The first-order valence-electron chi connectivity index (χ1n) is 6.74. The molecule has 106 valence electrons. The van der Waals surface area contributed by atoms with E-state index in [2.05, 4.69) is 0 Å². The van der Waals surface area contributed by atoms with Crippen molar-refractivity contribution in [1.29, 1.82) is 0 Å². The number of aromatic nitrogens is 1. The molecule has 3 aromatic rings. The predicted octanol–water partition coefficient (Wildman–Crippen LogP) is 3.16. The van der Waals surface area contributed by atoms with Gasteiger partial charge in [-0.1, -0.05) is 35.9 Å². The monoisotopic (exact) mass is 298 g/mol. The molecule has 0 aliphatic rings. The molecule has 0 atom stereocenters. The molecule has 2 aromatic carbocycles. The summed E-state index contributed by atoms with van der Waals surface area (Å²) in [5, 5.41) is 2.18. The Hall–Kier alpha value is -2.10. The van der Waals surface area contributed by atoms with Crippen LogP contribution in [-0.4, -0.2) is 4.57 Å². The third-order valence-corrected chi connectivity index (χ3v) is 3.79. The van der Waals surface area contributed by atoms with Crippen LogP contribution in [0.15, 0.2) is 59.5 Å². The summed E-state index contributed by atoms with van der Waals surface area (Å²) in [6.07, 6.45) is 1.80. The quantitative estimate of drug-likeness (QED) is 0.807. The zero-order valence-corrected chi connectivity index (χ0v) is 12.2. The number of hydrogen-bond donors (Lipinski definition) is 1. The number of pyridine rings is 1. The highest BCUT2D eigenvalue weighted by atomic mass is 35.5. The summed E-state index contributed by atoms with van der Waals surface area (Å²) in [6.45, 7) is 1.07. The molecule has 1 heterocycles. The number of nitrogens with zero attached hydrogens (tertiary/aromatic N) is 1. The molecule has 0 aliphatic carbocycles. The Kier molecular flexibility index (Phi) is 3.78. The third kappa shape index (κ3) is 2.84. The van der Waals surface area contributed by atoms with Crippen LogP contribution in [0.3, 0.4) is 0 Å². The van der Waals surface area contributed by atoms with Crippen LogP contribution in [0.1, 0.15) is 11.1 Å². The van der Waals surface area contributed by atoms with Crippen molar-refractivity contribution in [3.05, 3.63) is 81.2 Å². The summed E-state index contributed by atoms with van der Waals surface area (Å²) < 4.78 is 1.70. The maximum absolute atomic E-state index is 12.5. The molecular weight excluding hydrogens is 284 g/mol. The van der Waals surface area contributed by atoms with Gasteiger partial charge in [0.2, 0.25) is 0 Å². The topological polar surface area (TPSA) is 48.0 Å². The van der Waals surface area contributed by atoms with Crippen molar-refractivity contribution in [2.45, 2.75) is 13.1 Å². The average Bonchev–Trinajstić information content (AvgIpc) is 2.51. The Labute approximate surface area is 127 Å². The molecule has 3 rings (SSSR count). The summed E-state index contributed by atoms with van der Waals surface area (Å²) in [7, 11) is 0. The smallest absolute Gasteiger partial charge is 0.258 e. The van der Waals surface area contributed by atoms with E-state index in [9.17, 15) is 4.79 Å². The number of fused-ring (bicyclic) bond motifs is 1. The highest BCUT2D eigenvalue weighted by Crippen LogP contribution is 2.16. The molecule has 0 amide bonds. The van der Waals surface area contributed by atoms with Crippen molar-refractivity contribution in [3.8, 4) is 0 Å². The van der Waals surface area contributed by atoms with Gasteiger partial charge < -0.3 is 10.3 Å². The average molecular weight is 299 g/mol. The van der Waals surface area contributed by atoms with Gasteiger partial charge in [0, 0.05) is 23.2 Å². The van der Waals surface area contributed by atoms with Crippen molar-refractivity contribution >= 4 is 22.4 Å². The molecule has 0 saturated heterocycles. The van der Waals surface area contributed by atoms with Gasteiger partial charge in [-0.25, -0.2) is 0 Å². The first-order chi connectivity index (χ1) is 10.2. The molecule has 3 nitrogen and oxygen atoms in total. The fourth-order valence-corrected chi connectivity index (χ4v) is 2.54. The first kappa shape index (κ1) is 13.9. The zero-order valence-electron chi connectivity index (χ0n) is 11.4. The molecule has 0 saturated carbocycles. The van der Waals surface area contributed by atoms with Gasteiger partial charge in [-0.2, -0.15) is 0 Å². The van der Waals surface area contributed by atoms with Crippen LogP contribution in [0.25, 0.3) is 10.8 Å². The van der Waals surface area contributed by atoms with Gasteiger partial charge in [0.15, 0.2) is 0 Å². The molecule has 0 aliphatic heterocycles. The minimum absolute atomic E-state index is 0.00734. The van der Waals surface area contributed by atoms with Gasteiger partial charge >= 0.3 is 0 Å². The summed E-state index contributed by atoms with van der Waals surface area (Å²) in [4.78, 5) is 12.5. The third-order valence-electron chi connectivity index (χ3n) is 3.55. The Morgan fingerprint density at radius 1 is 1.00 bits per heavy atom. The van der Waals surface area contributed by atoms with Crippen LogP contribution in [-0.2, 0) is 13.1 Å². The maximum atomic E-state index is 12.5.